The number of aromatic nitrogens is 2. The topological polar surface area (TPSA) is 29.9 Å². The fraction of sp³-hybridized carbons (Fsp3) is 0.188. The van der Waals surface area contributed by atoms with E-state index in [1.165, 1.54) is 6.07 Å². The first kappa shape index (κ1) is 12.8. The van der Waals surface area contributed by atoms with Crippen molar-refractivity contribution < 1.29 is 4.39 Å². The Bertz CT molecular complexity index is 748. The van der Waals surface area contributed by atoms with E-state index < -0.39 is 0 Å². The number of hydrogen-bond donors (Lipinski definition) is 1. The van der Waals surface area contributed by atoms with E-state index in [2.05, 4.69) is 10.4 Å². The molecule has 1 heterocycles. The second kappa shape index (κ2) is 5.06. The lowest BCUT2D eigenvalue weighted by molar-refractivity contribution is 0.557. The van der Waals surface area contributed by atoms with Gasteiger partial charge < -0.3 is 5.32 Å². The highest BCUT2D eigenvalue weighted by atomic mass is 19.1. The van der Waals surface area contributed by atoms with Gasteiger partial charge in [-0.05, 0) is 32.2 Å². The molecule has 0 bridgehead atoms. The molecule has 1 unspecified atom stereocenters. The third-order valence-corrected chi connectivity index (χ3v) is 3.60. The number of halogens is 1. The van der Waals surface area contributed by atoms with Crippen LogP contribution in [0.4, 0.5) is 4.39 Å². The highest BCUT2D eigenvalue weighted by molar-refractivity contribution is 5.80. The summed E-state index contributed by atoms with van der Waals surface area (Å²) < 4.78 is 16.0. The summed E-state index contributed by atoms with van der Waals surface area (Å²) in [4.78, 5) is 0. The Morgan fingerprint density at radius 1 is 1.15 bits per heavy atom. The van der Waals surface area contributed by atoms with E-state index in [9.17, 15) is 4.39 Å². The third kappa shape index (κ3) is 1.98. The molecule has 4 heteroatoms. The molecule has 20 heavy (non-hydrogen) atoms. The first-order valence-electron chi connectivity index (χ1n) is 6.61. The van der Waals surface area contributed by atoms with Crippen LogP contribution in [0.1, 0.15) is 18.5 Å². The zero-order valence-corrected chi connectivity index (χ0v) is 11.5. The van der Waals surface area contributed by atoms with Crippen LogP contribution in [0.2, 0.25) is 0 Å². The molecule has 0 radical (unpaired) electrons. The smallest absolute Gasteiger partial charge is 0.130 e. The SMILES string of the molecule is CNC(C)c1c(F)cccc1-n1ncc2ccccc21. The van der Waals surface area contributed by atoms with Crippen LogP contribution in [0.3, 0.4) is 0 Å². The summed E-state index contributed by atoms with van der Waals surface area (Å²) in [6.07, 6.45) is 1.80. The minimum Gasteiger partial charge on any atom is -0.313 e. The molecule has 3 nitrogen and oxygen atoms in total. The molecule has 3 rings (SSSR count). The van der Waals surface area contributed by atoms with E-state index in [0.29, 0.717) is 5.56 Å². The lowest BCUT2D eigenvalue weighted by Crippen LogP contribution is -2.17. The van der Waals surface area contributed by atoms with Crippen LogP contribution in [0.5, 0.6) is 0 Å². The molecular formula is C16H16FN3. The van der Waals surface area contributed by atoms with Crippen molar-refractivity contribution >= 4 is 10.9 Å². The van der Waals surface area contributed by atoms with Crippen LogP contribution in [0, 0.1) is 5.82 Å². The molecule has 0 amide bonds. The summed E-state index contributed by atoms with van der Waals surface area (Å²) in [6, 6.07) is 12.9. The van der Waals surface area contributed by atoms with Gasteiger partial charge in [-0.3, -0.25) is 0 Å². The summed E-state index contributed by atoms with van der Waals surface area (Å²) in [5.41, 5.74) is 2.37. The Kier molecular flexibility index (Phi) is 3.24. The van der Waals surface area contributed by atoms with E-state index in [-0.39, 0.29) is 11.9 Å². The maximum Gasteiger partial charge on any atom is 0.130 e. The van der Waals surface area contributed by atoms with Crippen molar-refractivity contribution in [1.82, 2.24) is 15.1 Å². The molecule has 1 atom stereocenters. The molecule has 3 aromatic rings. The lowest BCUT2D eigenvalue weighted by Gasteiger charge is -2.17. The fourth-order valence-electron chi connectivity index (χ4n) is 2.45. The number of rotatable bonds is 3. The van der Waals surface area contributed by atoms with Crippen molar-refractivity contribution in [3.8, 4) is 5.69 Å². The molecule has 0 spiro atoms. The van der Waals surface area contributed by atoms with Crippen LogP contribution < -0.4 is 5.32 Å². The van der Waals surface area contributed by atoms with Crippen LogP contribution in [-0.2, 0) is 0 Å². The molecule has 0 aliphatic carbocycles. The van der Waals surface area contributed by atoms with Crippen molar-refractivity contribution in [3.05, 3.63) is 60.0 Å². The van der Waals surface area contributed by atoms with E-state index in [4.69, 9.17) is 0 Å². The van der Waals surface area contributed by atoms with E-state index in [1.54, 1.807) is 16.9 Å². The largest absolute Gasteiger partial charge is 0.313 e. The van der Waals surface area contributed by atoms with Gasteiger partial charge >= 0.3 is 0 Å². The highest BCUT2D eigenvalue weighted by Crippen LogP contribution is 2.27. The van der Waals surface area contributed by atoms with E-state index in [0.717, 1.165) is 16.6 Å². The molecule has 102 valence electrons. The molecule has 0 saturated heterocycles. The molecule has 0 aliphatic heterocycles. The van der Waals surface area contributed by atoms with Gasteiger partial charge in [-0.25, -0.2) is 9.07 Å². The standard InChI is InChI=1S/C16H16FN3/c1-11(18-2)16-13(17)7-5-9-15(16)20-14-8-4-3-6-12(14)10-19-20/h3-11,18H,1-2H3. The summed E-state index contributed by atoms with van der Waals surface area (Å²) in [5.74, 6) is -0.219. The Morgan fingerprint density at radius 3 is 2.75 bits per heavy atom. The van der Waals surface area contributed by atoms with Crippen LogP contribution in [0.15, 0.2) is 48.7 Å². The zero-order chi connectivity index (χ0) is 14.1. The summed E-state index contributed by atoms with van der Waals surface area (Å²) in [5, 5.41) is 8.54. The fourth-order valence-corrected chi connectivity index (χ4v) is 2.45. The van der Waals surface area contributed by atoms with Gasteiger partial charge in [0.1, 0.15) is 5.82 Å². The number of para-hydroxylation sites is 1. The molecule has 2 aromatic carbocycles. The Morgan fingerprint density at radius 2 is 1.95 bits per heavy atom. The third-order valence-electron chi connectivity index (χ3n) is 3.60. The monoisotopic (exact) mass is 269 g/mol. The van der Waals surface area contributed by atoms with E-state index >= 15 is 0 Å². The predicted octanol–water partition coefficient (Wildman–Crippen LogP) is 3.45. The van der Waals surface area contributed by atoms with Crippen molar-refractivity contribution in [3.63, 3.8) is 0 Å². The van der Waals surface area contributed by atoms with Crippen molar-refractivity contribution in [2.24, 2.45) is 0 Å². The number of benzene rings is 2. The van der Waals surface area contributed by atoms with Gasteiger partial charge in [0.05, 0.1) is 17.4 Å². The second-order valence-electron chi connectivity index (χ2n) is 4.80. The number of nitrogens with one attached hydrogen (secondary N) is 1. The minimum absolute atomic E-state index is 0.0887. The van der Waals surface area contributed by atoms with Gasteiger partial charge in [0.2, 0.25) is 0 Å². The van der Waals surface area contributed by atoms with Crippen LogP contribution >= 0.6 is 0 Å². The van der Waals surface area contributed by atoms with Gasteiger partial charge in [0.15, 0.2) is 0 Å². The quantitative estimate of drug-likeness (QED) is 0.789. The van der Waals surface area contributed by atoms with E-state index in [1.807, 2.05) is 44.3 Å². The molecular weight excluding hydrogens is 253 g/mol. The normalized spacial score (nSPS) is 12.8. The number of hydrogen-bond acceptors (Lipinski definition) is 2. The van der Waals surface area contributed by atoms with Gasteiger partial charge in [-0.1, -0.05) is 24.3 Å². The van der Waals surface area contributed by atoms with Crippen LogP contribution in [-0.4, -0.2) is 16.8 Å². The summed E-state index contributed by atoms with van der Waals surface area (Å²) in [6.45, 7) is 1.94. The van der Waals surface area contributed by atoms with Gasteiger partial charge in [-0.15, -0.1) is 0 Å². The molecule has 0 saturated carbocycles. The van der Waals surface area contributed by atoms with Gasteiger partial charge in [0.25, 0.3) is 0 Å². The van der Waals surface area contributed by atoms with Gasteiger partial charge in [0, 0.05) is 17.0 Å². The lowest BCUT2D eigenvalue weighted by atomic mass is 10.1. The molecule has 1 N–H and O–H groups in total. The average molecular weight is 269 g/mol. The van der Waals surface area contributed by atoms with Crippen molar-refractivity contribution in [2.45, 2.75) is 13.0 Å². The van der Waals surface area contributed by atoms with Gasteiger partial charge in [-0.2, -0.15) is 5.10 Å². The first-order chi connectivity index (χ1) is 9.72. The van der Waals surface area contributed by atoms with Crippen LogP contribution in [0.25, 0.3) is 16.6 Å². The Hall–Kier alpha value is -2.20. The average Bonchev–Trinajstić information content (AvgIpc) is 2.90. The Balaban J connectivity index is 2.27. The number of fused-ring (bicyclic) bond motifs is 1. The molecule has 0 fully saturated rings. The summed E-state index contributed by atoms with van der Waals surface area (Å²) >= 11 is 0. The molecule has 1 aromatic heterocycles. The number of nitrogens with zero attached hydrogens (tertiary/aromatic N) is 2. The maximum atomic E-state index is 14.2. The molecule has 0 aliphatic rings. The van der Waals surface area contributed by atoms with Crippen molar-refractivity contribution in [2.75, 3.05) is 7.05 Å². The first-order valence-corrected chi connectivity index (χ1v) is 6.61. The zero-order valence-electron chi connectivity index (χ0n) is 11.5. The predicted molar refractivity (Wildman–Crippen MR) is 78.5 cm³/mol. The Labute approximate surface area is 117 Å². The van der Waals surface area contributed by atoms with Crippen molar-refractivity contribution in [1.29, 1.82) is 0 Å². The second-order valence-corrected chi connectivity index (χ2v) is 4.80. The highest BCUT2D eigenvalue weighted by Gasteiger charge is 2.17. The maximum absolute atomic E-state index is 14.2. The summed E-state index contributed by atoms with van der Waals surface area (Å²) in [7, 11) is 1.82. The minimum atomic E-state index is -0.219.